The predicted molar refractivity (Wildman–Crippen MR) is 165 cm³/mol. The zero-order valence-corrected chi connectivity index (χ0v) is 26.7. The second-order valence-corrected chi connectivity index (χ2v) is 11.5. The normalized spacial score (nSPS) is 16.7. The van der Waals surface area contributed by atoms with E-state index in [0.717, 1.165) is 54.2 Å². The molecule has 0 radical (unpaired) electrons. The van der Waals surface area contributed by atoms with E-state index in [1.54, 1.807) is 24.3 Å². The van der Waals surface area contributed by atoms with Crippen molar-refractivity contribution in [3.05, 3.63) is 94.0 Å². The van der Waals surface area contributed by atoms with Gasteiger partial charge in [0.25, 0.3) is 0 Å². The summed E-state index contributed by atoms with van der Waals surface area (Å²) in [7, 11) is 0. The number of ether oxygens (including phenoxy) is 2. The van der Waals surface area contributed by atoms with E-state index in [0.29, 0.717) is 17.4 Å². The molecule has 0 saturated heterocycles. The Morgan fingerprint density at radius 3 is 2.21 bits per heavy atom. The molecule has 0 heterocycles. The average Bonchev–Trinajstić information content (AvgIpc) is 3.01. The van der Waals surface area contributed by atoms with Crippen LogP contribution in [0.5, 0.6) is 5.75 Å². The topological polar surface area (TPSA) is 121 Å². The van der Waals surface area contributed by atoms with Gasteiger partial charge in [0, 0.05) is 34.0 Å². The highest BCUT2D eigenvalue weighted by atomic mass is 79.9. The van der Waals surface area contributed by atoms with Crippen LogP contribution >= 0.6 is 15.9 Å². The second kappa shape index (κ2) is 17.0. The van der Waals surface area contributed by atoms with Crippen LogP contribution in [-0.2, 0) is 33.8 Å². The zero-order valence-electron chi connectivity index (χ0n) is 24.3. The number of nitrogens with one attached hydrogen (secondary N) is 2. The third-order valence-corrected chi connectivity index (χ3v) is 8.53. The van der Waals surface area contributed by atoms with Crippen LogP contribution < -0.4 is 33.5 Å². The molecule has 8 nitrogen and oxygen atoms in total. The molecule has 5 N–H and O–H groups in total. The molecule has 230 valence electrons. The van der Waals surface area contributed by atoms with Crippen molar-refractivity contribution in [3.63, 3.8) is 0 Å². The number of carbonyl (C=O) groups excluding carboxylic acids is 3. The molecule has 3 aromatic carbocycles. The van der Waals surface area contributed by atoms with Gasteiger partial charge in [-0.05, 0) is 73.6 Å². The largest absolute Gasteiger partial charge is 1.00 e. The Bertz CT molecular complexity index is 1350. The summed E-state index contributed by atoms with van der Waals surface area (Å²) in [6, 6.07) is 21.2. The van der Waals surface area contributed by atoms with Gasteiger partial charge in [-0.2, -0.15) is 0 Å². The molecule has 2 amide bonds. The van der Waals surface area contributed by atoms with Gasteiger partial charge in [0.15, 0.2) is 0 Å². The number of hydrogen-bond acceptors (Lipinski definition) is 5. The molecule has 1 aliphatic carbocycles. The van der Waals surface area contributed by atoms with Gasteiger partial charge in [0.05, 0.1) is 6.54 Å². The Morgan fingerprint density at radius 1 is 0.930 bits per heavy atom. The lowest BCUT2D eigenvalue weighted by atomic mass is 9.81. The molecule has 43 heavy (non-hydrogen) atoms. The summed E-state index contributed by atoms with van der Waals surface area (Å²) in [5, 5.41) is 5.97. The Labute approximate surface area is 267 Å². The van der Waals surface area contributed by atoms with Gasteiger partial charge in [-0.1, -0.05) is 65.3 Å². The van der Waals surface area contributed by atoms with Crippen LogP contribution in [-0.4, -0.2) is 30.6 Å². The minimum Gasteiger partial charge on any atom is -1.00 e. The zero-order chi connectivity index (χ0) is 29.9. The van der Waals surface area contributed by atoms with Crippen LogP contribution in [0.2, 0.25) is 0 Å². The van der Waals surface area contributed by atoms with E-state index in [2.05, 4.69) is 39.2 Å². The molecule has 4 rings (SSSR count). The van der Waals surface area contributed by atoms with Gasteiger partial charge in [-0.25, -0.2) is 4.79 Å². The van der Waals surface area contributed by atoms with Crippen molar-refractivity contribution in [3.8, 4) is 5.75 Å². The first-order chi connectivity index (χ1) is 20.3. The minimum atomic E-state index is -0.814. The van der Waals surface area contributed by atoms with Gasteiger partial charge in [-0.15, -0.1) is 0 Å². The van der Waals surface area contributed by atoms with Gasteiger partial charge < -0.3 is 38.2 Å². The van der Waals surface area contributed by atoms with E-state index in [1.165, 1.54) is 5.56 Å². The van der Waals surface area contributed by atoms with Crippen LogP contribution in [0.15, 0.2) is 77.3 Å². The lowest BCUT2D eigenvalue weighted by molar-refractivity contribution is -0.380. The van der Waals surface area contributed by atoms with Crippen LogP contribution in [0.4, 0.5) is 10.5 Å². The van der Waals surface area contributed by atoms with Crippen LogP contribution in [0.3, 0.4) is 0 Å². The van der Waals surface area contributed by atoms with E-state index in [9.17, 15) is 14.4 Å². The van der Waals surface area contributed by atoms with Crippen LogP contribution in [0.1, 0.15) is 49.3 Å². The first-order valence-corrected chi connectivity index (χ1v) is 15.3. The number of hydrogen-bond donors (Lipinski definition) is 3. The average molecular weight is 673 g/mol. The number of anilines is 1. The van der Waals surface area contributed by atoms with Gasteiger partial charge in [0.2, 0.25) is 11.8 Å². The van der Waals surface area contributed by atoms with Crippen molar-refractivity contribution in [1.82, 2.24) is 5.32 Å². The van der Waals surface area contributed by atoms with Crippen LogP contribution in [0.25, 0.3) is 0 Å². The number of carbonyl (C=O) groups is 3. The third kappa shape index (κ3) is 10.4. The van der Waals surface area contributed by atoms with E-state index in [4.69, 9.17) is 9.47 Å². The smallest absolute Gasteiger partial charge is 0.514 e. The first kappa shape index (κ1) is 34.1. The maximum atomic E-state index is 13.4. The fourth-order valence-corrected chi connectivity index (χ4v) is 5.47. The Hall–Kier alpha value is -3.40. The number of amides is 2. The highest BCUT2D eigenvalue weighted by Crippen LogP contribution is 2.28. The lowest BCUT2D eigenvalue weighted by Crippen LogP contribution is -3.00. The summed E-state index contributed by atoms with van der Waals surface area (Å²) in [6.07, 6.45) is 3.95. The molecule has 0 bridgehead atoms. The summed E-state index contributed by atoms with van der Waals surface area (Å²) in [4.78, 5) is 38.8. The first-order valence-electron chi connectivity index (χ1n) is 14.5. The molecule has 1 atom stereocenters. The Balaban J connectivity index is 0.00000506. The highest BCUT2D eigenvalue weighted by molar-refractivity contribution is 9.10. The lowest BCUT2D eigenvalue weighted by Gasteiger charge is -2.27. The summed E-state index contributed by atoms with van der Waals surface area (Å²) in [5.41, 5.74) is 7.50. The van der Waals surface area contributed by atoms with E-state index in [1.807, 2.05) is 48.5 Å². The molecule has 0 unspecified atom stereocenters. The number of halogens is 2. The molecule has 10 heteroatoms. The van der Waals surface area contributed by atoms with E-state index >= 15 is 0 Å². The van der Waals surface area contributed by atoms with E-state index in [-0.39, 0.29) is 43.2 Å². The number of benzene rings is 3. The van der Waals surface area contributed by atoms with Crippen LogP contribution in [0, 0.1) is 11.8 Å². The monoisotopic (exact) mass is 671 g/mol. The third-order valence-electron chi connectivity index (χ3n) is 7.76. The fourth-order valence-electron chi connectivity index (χ4n) is 5.07. The molecular formula is C33H39BrClN3O5. The molecule has 0 aliphatic heterocycles. The molecular weight excluding hydrogens is 634 g/mol. The molecule has 1 fully saturated rings. The number of aryl methyl sites for hydroxylation is 1. The van der Waals surface area contributed by atoms with E-state index < -0.39 is 12.2 Å². The second-order valence-electron chi connectivity index (χ2n) is 10.7. The predicted octanol–water partition coefficient (Wildman–Crippen LogP) is 2.45. The van der Waals surface area contributed by atoms with Crippen molar-refractivity contribution in [2.75, 3.05) is 11.9 Å². The van der Waals surface area contributed by atoms with Gasteiger partial charge >= 0.3 is 6.16 Å². The molecule has 0 aromatic heterocycles. The molecule has 1 aliphatic rings. The van der Waals surface area contributed by atoms with Crippen molar-refractivity contribution in [1.29, 1.82) is 0 Å². The summed E-state index contributed by atoms with van der Waals surface area (Å²) in [6.45, 7) is 3.04. The molecule has 1 saturated carbocycles. The van der Waals surface area contributed by atoms with Gasteiger partial charge in [-0.3, -0.25) is 9.59 Å². The fraction of sp³-hybridized carbons (Fsp3) is 0.364. The summed E-state index contributed by atoms with van der Waals surface area (Å²) < 4.78 is 11.4. The van der Waals surface area contributed by atoms with Crippen molar-refractivity contribution in [2.24, 2.45) is 11.8 Å². The van der Waals surface area contributed by atoms with Crippen molar-refractivity contribution in [2.45, 2.75) is 58.1 Å². The number of quaternary nitrogens is 1. The molecule has 0 spiro atoms. The SMILES string of the molecule is CCc1ccc(NC(=O)[C@H](Cc2ccc(OC(=O)OCc3ccccc3Br)cc2)NC(=O)C2CCC(C[NH3+])CC2)cc1.[Cl-]. The quantitative estimate of drug-likeness (QED) is 0.214. The number of rotatable bonds is 11. The maximum Gasteiger partial charge on any atom is 0.514 e. The maximum absolute atomic E-state index is 13.4. The molecule has 3 aromatic rings. The van der Waals surface area contributed by atoms with Crippen molar-refractivity contribution < 1.29 is 42.0 Å². The Morgan fingerprint density at radius 2 is 1.58 bits per heavy atom. The highest BCUT2D eigenvalue weighted by Gasteiger charge is 2.30. The minimum absolute atomic E-state index is 0. The van der Waals surface area contributed by atoms with Gasteiger partial charge in [0.1, 0.15) is 18.4 Å². The van der Waals surface area contributed by atoms with Crippen molar-refractivity contribution >= 4 is 39.6 Å². The Kier molecular flexibility index (Phi) is 13.5. The summed E-state index contributed by atoms with van der Waals surface area (Å²) in [5.74, 6) is 0.406. The standard InChI is InChI=1S/C33H38BrN3O5.ClH/c1-2-22-9-15-27(16-10-22)36-32(39)30(37-31(38)25-13-7-24(20-35)8-14-25)19-23-11-17-28(18-12-23)42-33(40)41-21-26-5-3-4-6-29(26)34;/h3-6,9-12,15-18,24-25,30H,2,7-8,13-14,19-21,35H2,1H3,(H,36,39)(H,37,38);1H/t24?,25?,30-;/m0./s1. The summed E-state index contributed by atoms with van der Waals surface area (Å²) >= 11 is 3.43.